The van der Waals surface area contributed by atoms with E-state index in [0.717, 1.165) is 39.0 Å². The van der Waals surface area contributed by atoms with Gasteiger partial charge in [0.1, 0.15) is 0 Å². The third-order valence-electron chi connectivity index (χ3n) is 6.74. The molecule has 0 heterocycles. The summed E-state index contributed by atoms with van der Waals surface area (Å²) in [6.07, 6.45) is 1.57. The number of aliphatic carboxylic acids is 1. The van der Waals surface area contributed by atoms with Crippen LogP contribution >= 0.6 is 11.6 Å². The number of benzene rings is 1. The highest BCUT2D eigenvalue weighted by atomic mass is 35.5. The highest BCUT2D eigenvalue weighted by Crippen LogP contribution is 2.41. The molecule has 1 aliphatic carbocycles. The number of carboxylic acids is 1. The first kappa shape index (κ1) is 26.5. The summed E-state index contributed by atoms with van der Waals surface area (Å²) in [5.74, 6) is -4.48. The molecule has 4 atom stereocenters. The van der Waals surface area contributed by atoms with E-state index < -0.39 is 29.9 Å². The molecule has 0 spiro atoms. The van der Waals surface area contributed by atoms with E-state index in [1.165, 1.54) is 6.07 Å². The van der Waals surface area contributed by atoms with E-state index in [1.54, 1.807) is 12.1 Å². The Balaban J connectivity index is 2.26. The molecule has 0 aromatic heterocycles. The van der Waals surface area contributed by atoms with Crippen molar-refractivity contribution in [2.75, 3.05) is 5.32 Å². The number of carbonyl (C=O) groups is 2. The third-order valence-corrected chi connectivity index (χ3v) is 7.07. The van der Waals surface area contributed by atoms with E-state index in [4.69, 9.17) is 16.7 Å². The van der Waals surface area contributed by atoms with E-state index in [2.05, 4.69) is 12.2 Å². The van der Waals surface area contributed by atoms with Gasteiger partial charge in [0.15, 0.2) is 0 Å². The van der Waals surface area contributed by atoms with E-state index in [-0.39, 0.29) is 29.5 Å². The summed E-state index contributed by atoms with van der Waals surface area (Å²) in [6.45, 7) is 3.19. The first-order valence-electron chi connectivity index (χ1n) is 11.4. The lowest BCUT2D eigenvalue weighted by atomic mass is 9.73. The first-order valence-corrected chi connectivity index (χ1v) is 11.8. The van der Waals surface area contributed by atoms with Crippen molar-refractivity contribution in [3.8, 4) is 0 Å². The first-order chi connectivity index (χ1) is 15.0. The van der Waals surface area contributed by atoms with Crippen molar-refractivity contribution in [2.45, 2.75) is 77.8 Å². The van der Waals surface area contributed by atoms with Gasteiger partial charge in [-0.05, 0) is 48.8 Å². The molecule has 0 bridgehead atoms. The van der Waals surface area contributed by atoms with Gasteiger partial charge in [-0.25, -0.2) is 0 Å². The van der Waals surface area contributed by atoms with Crippen molar-refractivity contribution in [2.24, 2.45) is 23.7 Å². The second-order valence-electron chi connectivity index (χ2n) is 8.95. The highest BCUT2D eigenvalue weighted by molar-refractivity contribution is 6.33. The number of aryl methyl sites for hydroxylation is 1. The van der Waals surface area contributed by atoms with E-state index in [1.807, 2.05) is 0 Å². The number of anilines is 1. The minimum absolute atomic E-state index is 0.0938. The van der Waals surface area contributed by atoms with E-state index in [0.29, 0.717) is 24.3 Å². The minimum atomic E-state index is -4.48. The van der Waals surface area contributed by atoms with Crippen LogP contribution in [0.15, 0.2) is 18.2 Å². The number of hydrogen-bond donors (Lipinski definition) is 2. The lowest BCUT2D eigenvalue weighted by Crippen LogP contribution is -2.41. The van der Waals surface area contributed by atoms with Crippen LogP contribution in [-0.4, -0.2) is 23.2 Å². The summed E-state index contributed by atoms with van der Waals surface area (Å²) >= 11 is 6.20. The van der Waals surface area contributed by atoms with Crippen LogP contribution in [0.25, 0.3) is 0 Å². The van der Waals surface area contributed by atoms with Crippen molar-refractivity contribution in [3.05, 3.63) is 28.8 Å². The molecule has 1 aromatic carbocycles. The van der Waals surface area contributed by atoms with Crippen LogP contribution in [0.4, 0.5) is 18.9 Å². The van der Waals surface area contributed by atoms with Gasteiger partial charge in [0.2, 0.25) is 5.91 Å². The summed E-state index contributed by atoms with van der Waals surface area (Å²) in [5.41, 5.74) is 0.862. The number of halogens is 4. The van der Waals surface area contributed by atoms with Gasteiger partial charge in [0.25, 0.3) is 0 Å². The highest BCUT2D eigenvalue weighted by Gasteiger charge is 2.47. The number of nitrogens with one attached hydrogen (secondary N) is 1. The van der Waals surface area contributed by atoms with Crippen LogP contribution in [0.2, 0.25) is 5.02 Å². The van der Waals surface area contributed by atoms with Crippen LogP contribution in [0.5, 0.6) is 0 Å². The fourth-order valence-electron chi connectivity index (χ4n) is 4.69. The summed E-state index contributed by atoms with van der Waals surface area (Å²) < 4.78 is 41.2. The number of carbonyl (C=O) groups excluding carboxylic acids is 1. The quantitative estimate of drug-likeness (QED) is 0.421. The van der Waals surface area contributed by atoms with E-state index >= 15 is 0 Å². The molecule has 2 rings (SSSR count). The second-order valence-corrected chi connectivity index (χ2v) is 9.36. The van der Waals surface area contributed by atoms with Gasteiger partial charge < -0.3 is 10.4 Å². The maximum atomic E-state index is 13.7. The van der Waals surface area contributed by atoms with Crippen molar-refractivity contribution >= 4 is 29.2 Å². The molecule has 1 saturated carbocycles. The molecule has 1 amide bonds. The number of rotatable bonds is 8. The molecule has 32 heavy (non-hydrogen) atoms. The molecule has 0 aliphatic heterocycles. The predicted octanol–water partition coefficient (Wildman–Crippen LogP) is 7.11. The zero-order valence-electron chi connectivity index (χ0n) is 18.7. The molecule has 180 valence electrons. The number of carboxylic acid groups (broad SMARTS) is 1. The summed E-state index contributed by atoms with van der Waals surface area (Å²) in [5, 5.41) is 11.7. The SMILES string of the molecule is CCC1CCCCC([C@H](C(=O)Nc2cc(CCC(=O)O)ccc2Cl)[C@H](C)C(F)(F)F)CC1. The van der Waals surface area contributed by atoms with Crippen molar-refractivity contribution < 1.29 is 27.9 Å². The van der Waals surface area contributed by atoms with Crippen LogP contribution in [0, 0.1) is 23.7 Å². The number of amides is 1. The fraction of sp³-hybridized carbons (Fsp3) is 0.667. The molecule has 2 N–H and O–H groups in total. The van der Waals surface area contributed by atoms with Gasteiger partial charge in [-0.15, -0.1) is 0 Å². The zero-order valence-corrected chi connectivity index (χ0v) is 19.4. The maximum Gasteiger partial charge on any atom is 0.392 e. The van der Waals surface area contributed by atoms with Crippen molar-refractivity contribution in [3.63, 3.8) is 0 Å². The molecule has 1 aliphatic rings. The minimum Gasteiger partial charge on any atom is -0.481 e. The number of alkyl halides is 3. The third kappa shape index (κ3) is 7.68. The fourth-order valence-corrected chi connectivity index (χ4v) is 4.85. The Morgan fingerprint density at radius 3 is 2.50 bits per heavy atom. The molecule has 0 saturated heterocycles. The smallest absolute Gasteiger partial charge is 0.392 e. The van der Waals surface area contributed by atoms with Gasteiger partial charge in [-0.3, -0.25) is 9.59 Å². The maximum absolute atomic E-state index is 13.7. The van der Waals surface area contributed by atoms with E-state index in [9.17, 15) is 22.8 Å². The summed E-state index contributed by atoms with van der Waals surface area (Å²) in [6, 6.07) is 4.72. The van der Waals surface area contributed by atoms with Gasteiger partial charge in [0, 0.05) is 6.42 Å². The van der Waals surface area contributed by atoms with Crippen molar-refractivity contribution in [1.29, 1.82) is 0 Å². The Labute approximate surface area is 192 Å². The average molecular weight is 476 g/mol. The predicted molar refractivity (Wildman–Crippen MR) is 120 cm³/mol. The van der Waals surface area contributed by atoms with Gasteiger partial charge in [0.05, 0.1) is 22.5 Å². The topological polar surface area (TPSA) is 66.4 Å². The normalized spacial score (nSPS) is 21.8. The largest absolute Gasteiger partial charge is 0.481 e. The molecule has 1 fully saturated rings. The number of hydrogen-bond acceptors (Lipinski definition) is 2. The Hall–Kier alpha value is -1.76. The monoisotopic (exact) mass is 475 g/mol. The molecule has 4 nitrogen and oxygen atoms in total. The molecule has 2 unspecified atom stereocenters. The lowest BCUT2D eigenvalue weighted by molar-refractivity contribution is -0.191. The van der Waals surface area contributed by atoms with Crippen LogP contribution in [0.1, 0.15) is 70.8 Å². The second kappa shape index (κ2) is 11.9. The Kier molecular flexibility index (Phi) is 9.86. The lowest BCUT2D eigenvalue weighted by Gasteiger charge is -2.34. The molecule has 8 heteroatoms. The summed E-state index contributed by atoms with van der Waals surface area (Å²) in [4.78, 5) is 24.0. The average Bonchev–Trinajstić information content (AvgIpc) is 2.69. The van der Waals surface area contributed by atoms with Crippen LogP contribution in [-0.2, 0) is 16.0 Å². The van der Waals surface area contributed by atoms with Crippen LogP contribution < -0.4 is 5.32 Å². The van der Waals surface area contributed by atoms with Gasteiger partial charge in [-0.1, -0.05) is 63.6 Å². The Morgan fingerprint density at radius 1 is 1.19 bits per heavy atom. The Morgan fingerprint density at radius 2 is 1.88 bits per heavy atom. The van der Waals surface area contributed by atoms with Gasteiger partial charge in [-0.2, -0.15) is 13.2 Å². The standard InChI is InChI=1S/C24H33ClF3NO3/c1-3-16-6-4-5-7-18(11-8-16)22(15(2)24(26,27)28)23(32)29-20-14-17(9-12-19(20)25)10-13-21(30)31/h9,12,14-16,18,22H,3-8,10-11,13H2,1-2H3,(H,29,32)(H,30,31)/t15-,16?,18?,22+/m0/s1. The zero-order chi connectivity index (χ0) is 23.9. The van der Waals surface area contributed by atoms with Gasteiger partial charge >= 0.3 is 12.1 Å². The Bertz CT molecular complexity index is 784. The van der Waals surface area contributed by atoms with Crippen molar-refractivity contribution in [1.82, 2.24) is 0 Å². The van der Waals surface area contributed by atoms with Crippen LogP contribution in [0.3, 0.4) is 0 Å². The molecule has 1 aromatic rings. The molecule has 0 radical (unpaired) electrons. The molecular formula is C24H33ClF3NO3. The summed E-state index contributed by atoms with van der Waals surface area (Å²) in [7, 11) is 0. The molecular weight excluding hydrogens is 443 g/mol.